The lowest BCUT2D eigenvalue weighted by Gasteiger charge is -2.07. The first kappa shape index (κ1) is 11.3. The van der Waals surface area contributed by atoms with Crippen molar-refractivity contribution in [2.45, 2.75) is 5.33 Å². The number of halogens is 2. The summed E-state index contributed by atoms with van der Waals surface area (Å²) >= 11 is 9.00. The van der Waals surface area contributed by atoms with Crippen LogP contribution in [0.25, 0.3) is 0 Å². The van der Waals surface area contributed by atoms with Gasteiger partial charge < -0.3 is 9.84 Å². The molecule has 14 heavy (non-hydrogen) atoms. The monoisotopic (exact) mass is 278 g/mol. The molecule has 1 aromatic rings. The maximum Gasteiger partial charge on any atom is 0.336 e. The fourth-order valence-corrected chi connectivity index (χ4v) is 1.77. The van der Waals surface area contributed by atoms with E-state index in [1.165, 1.54) is 13.2 Å². The molecule has 1 rings (SSSR count). The molecule has 76 valence electrons. The third kappa shape index (κ3) is 2.19. The zero-order chi connectivity index (χ0) is 10.7. The van der Waals surface area contributed by atoms with E-state index in [1.807, 2.05) is 0 Å². The van der Waals surface area contributed by atoms with Crippen molar-refractivity contribution in [3.05, 3.63) is 28.3 Å². The van der Waals surface area contributed by atoms with Gasteiger partial charge in [0.05, 0.1) is 17.7 Å². The molecule has 0 fully saturated rings. The van der Waals surface area contributed by atoms with Crippen molar-refractivity contribution in [2.75, 3.05) is 7.11 Å². The molecular formula is C9H8BrClO3. The summed E-state index contributed by atoms with van der Waals surface area (Å²) in [6.07, 6.45) is 0. The summed E-state index contributed by atoms with van der Waals surface area (Å²) in [5.74, 6) is -0.518. The van der Waals surface area contributed by atoms with Crippen LogP contribution in [0, 0.1) is 0 Å². The van der Waals surface area contributed by atoms with Crippen LogP contribution in [0.5, 0.6) is 5.75 Å². The van der Waals surface area contributed by atoms with Gasteiger partial charge in [-0.3, -0.25) is 0 Å². The first-order valence-corrected chi connectivity index (χ1v) is 5.25. The fourth-order valence-electron chi connectivity index (χ4n) is 1.06. The molecule has 0 atom stereocenters. The molecule has 0 radical (unpaired) electrons. The Morgan fingerprint density at radius 3 is 2.71 bits per heavy atom. The Labute approximate surface area is 94.8 Å². The highest BCUT2D eigenvalue weighted by Crippen LogP contribution is 2.29. The smallest absolute Gasteiger partial charge is 0.336 e. The molecule has 0 unspecified atom stereocenters. The van der Waals surface area contributed by atoms with E-state index in [0.717, 1.165) is 0 Å². The number of carbonyl (C=O) groups is 1. The zero-order valence-corrected chi connectivity index (χ0v) is 9.72. The van der Waals surface area contributed by atoms with Crippen LogP contribution < -0.4 is 4.74 Å². The predicted molar refractivity (Wildman–Crippen MR) is 57.6 cm³/mol. The maximum absolute atomic E-state index is 10.8. The van der Waals surface area contributed by atoms with Gasteiger partial charge in [-0.25, -0.2) is 4.79 Å². The van der Waals surface area contributed by atoms with Gasteiger partial charge in [0.15, 0.2) is 0 Å². The van der Waals surface area contributed by atoms with Crippen molar-refractivity contribution >= 4 is 33.5 Å². The molecule has 5 heteroatoms. The quantitative estimate of drug-likeness (QED) is 0.865. The van der Waals surface area contributed by atoms with Crippen molar-refractivity contribution in [2.24, 2.45) is 0 Å². The lowest BCUT2D eigenvalue weighted by atomic mass is 10.1. The number of hydrogen-bond acceptors (Lipinski definition) is 2. The van der Waals surface area contributed by atoms with E-state index < -0.39 is 5.97 Å². The van der Waals surface area contributed by atoms with Crippen LogP contribution in [0.1, 0.15) is 15.9 Å². The van der Waals surface area contributed by atoms with Gasteiger partial charge in [0.1, 0.15) is 5.75 Å². The standard InChI is InChI=1S/C9H8BrClO3/c1-14-8-2-5(4-10)6(9(12)13)3-7(8)11/h2-3H,4H2,1H3,(H,12,13). The van der Waals surface area contributed by atoms with Gasteiger partial charge in [-0.1, -0.05) is 27.5 Å². The van der Waals surface area contributed by atoms with E-state index in [4.69, 9.17) is 21.4 Å². The highest BCUT2D eigenvalue weighted by atomic mass is 79.9. The molecule has 1 N–H and O–H groups in total. The summed E-state index contributed by atoms with van der Waals surface area (Å²) in [5.41, 5.74) is 0.825. The van der Waals surface area contributed by atoms with Crippen LogP contribution in [0.15, 0.2) is 12.1 Å². The van der Waals surface area contributed by atoms with Crippen LogP contribution in [0.2, 0.25) is 5.02 Å². The average Bonchev–Trinajstić information content (AvgIpc) is 2.17. The van der Waals surface area contributed by atoms with E-state index in [2.05, 4.69) is 15.9 Å². The lowest BCUT2D eigenvalue weighted by molar-refractivity contribution is 0.0696. The molecule has 0 aromatic heterocycles. The van der Waals surface area contributed by atoms with E-state index >= 15 is 0 Å². The molecule has 1 aromatic carbocycles. The third-order valence-electron chi connectivity index (χ3n) is 1.75. The lowest BCUT2D eigenvalue weighted by Crippen LogP contribution is -2.02. The predicted octanol–water partition coefficient (Wildman–Crippen LogP) is 2.94. The molecule has 0 aliphatic heterocycles. The summed E-state index contributed by atoms with van der Waals surface area (Å²) in [4.78, 5) is 10.8. The molecule has 0 aliphatic rings. The number of rotatable bonds is 3. The Kier molecular flexibility index (Phi) is 3.77. The van der Waals surface area contributed by atoms with Crippen molar-refractivity contribution < 1.29 is 14.6 Å². The van der Waals surface area contributed by atoms with Crippen molar-refractivity contribution in [3.8, 4) is 5.75 Å². The number of benzene rings is 1. The second-order valence-electron chi connectivity index (χ2n) is 2.58. The molecule has 0 aliphatic carbocycles. The van der Waals surface area contributed by atoms with Crippen molar-refractivity contribution in [1.82, 2.24) is 0 Å². The van der Waals surface area contributed by atoms with Gasteiger partial charge in [-0.15, -0.1) is 0 Å². The molecule has 0 spiro atoms. The Morgan fingerprint density at radius 2 is 2.29 bits per heavy atom. The minimum atomic E-state index is -0.996. The second-order valence-corrected chi connectivity index (χ2v) is 3.55. The minimum Gasteiger partial charge on any atom is -0.495 e. The summed E-state index contributed by atoms with van der Waals surface area (Å²) in [7, 11) is 1.49. The highest BCUT2D eigenvalue weighted by molar-refractivity contribution is 9.08. The minimum absolute atomic E-state index is 0.188. The van der Waals surface area contributed by atoms with Gasteiger partial charge in [-0.2, -0.15) is 0 Å². The first-order valence-electron chi connectivity index (χ1n) is 3.75. The van der Waals surface area contributed by atoms with E-state index in [9.17, 15) is 4.79 Å². The number of methoxy groups -OCH3 is 1. The topological polar surface area (TPSA) is 46.5 Å². The summed E-state index contributed by atoms with van der Waals surface area (Å²) in [5, 5.41) is 9.61. The Balaban J connectivity index is 3.31. The highest BCUT2D eigenvalue weighted by Gasteiger charge is 2.13. The number of carboxylic acids is 1. The molecule has 0 heterocycles. The van der Waals surface area contributed by atoms with Crippen LogP contribution >= 0.6 is 27.5 Å². The van der Waals surface area contributed by atoms with Crippen LogP contribution in [-0.2, 0) is 5.33 Å². The first-order chi connectivity index (χ1) is 6.60. The largest absolute Gasteiger partial charge is 0.495 e. The molecule has 0 saturated heterocycles. The number of alkyl halides is 1. The fraction of sp³-hybridized carbons (Fsp3) is 0.222. The van der Waals surface area contributed by atoms with E-state index in [-0.39, 0.29) is 5.56 Å². The average molecular weight is 280 g/mol. The van der Waals surface area contributed by atoms with Gasteiger partial charge in [0.2, 0.25) is 0 Å². The maximum atomic E-state index is 10.8. The second kappa shape index (κ2) is 4.66. The van der Waals surface area contributed by atoms with Gasteiger partial charge >= 0.3 is 5.97 Å². The van der Waals surface area contributed by atoms with Gasteiger partial charge in [0.25, 0.3) is 0 Å². The van der Waals surface area contributed by atoms with Gasteiger partial charge in [-0.05, 0) is 17.7 Å². The SMILES string of the molecule is COc1cc(CBr)c(C(=O)O)cc1Cl. The molecular weight excluding hydrogens is 271 g/mol. The zero-order valence-electron chi connectivity index (χ0n) is 7.38. The third-order valence-corrected chi connectivity index (χ3v) is 2.65. The van der Waals surface area contributed by atoms with Crippen molar-refractivity contribution in [1.29, 1.82) is 0 Å². The summed E-state index contributed by atoms with van der Waals surface area (Å²) in [6, 6.07) is 3.00. The summed E-state index contributed by atoms with van der Waals surface area (Å²) in [6.45, 7) is 0. The number of aromatic carboxylic acids is 1. The van der Waals surface area contributed by atoms with Crippen LogP contribution in [0.4, 0.5) is 0 Å². The van der Waals surface area contributed by atoms with E-state index in [1.54, 1.807) is 6.07 Å². The van der Waals surface area contributed by atoms with Crippen molar-refractivity contribution in [3.63, 3.8) is 0 Å². The Bertz CT molecular complexity index is 365. The van der Waals surface area contributed by atoms with Crippen LogP contribution in [0.3, 0.4) is 0 Å². The molecule has 0 amide bonds. The van der Waals surface area contributed by atoms with Crippen LogP contribution in [-0.4, -0.2) is 18.2 Å². The van der Waals surface area contributed by atoms with Gasteiger partial charge in [0, 0.05) is 5.33 Å². The normalized spacial score (nSPS) is 9.93. The molecule has 3 nitrogen and oxygen atoms in total. The van der Waals surface area contributed by atoms with E-state index in [0.29, 0.717) is 21.7 Å². The molecule has 0 saturated carbocycles. The number of carboxylic acid groups (broad SMARTS) is 1. The number of ether oxygens (including phenoxy) is 1. The molecule has 0 bridgehead atoms. The Morgan fingerprint density at radius 1 is 1.64 bits per heavy atom. The Hall–Kier alpha value is -0.740. The number of hydrogen-bond donors (Lipinski definition) is 1. The summed E-state index contributed by atoms with van der Waals surface area (Å²) < 4.78 is 4.98.